The van der Waals surface area contributed by atoms with Crippen molar-refractivity contribution in [3.8, 4) is 0 Å². The van der Waals surface area contributed by atoms with Gasteiger partial charge in [0, 0.05) is 24.0 Å². The molecule has 0 bridgehead atoms. The summed E-state index contributed by atoms with van der Waals surface area (Å²) in [6.45, 7) is 2.23. The van der Waals surface area contributed by atoms with Crippen LogP contribution >= 0.6 is 11.3 Å². The smallest absolute Gasteiger partial charge is 0.257 e. The zero-order chi connectivity index (χ0) is 18.5. The fraction of sp³-hybridized carbons (Fsp3) is 0.450. The van der Waals surface area contributed by atoms with Gasteiger partial charge in [0.2, 0.25) is 5.91 Å². The molecule has 0 saturated heterocycles. The Labute approximate surface area is 158 Å². The van der Waals surface area contributed by atoms with Gasteiger partial charge in [-0.25, -0.2) is 4.98 Å². The third kappa shape index (κ3) is 4.49. The molecule has 1 aromatic carbocycles. The molecule has 5 nitrogen and oxygen atoms in total. The Morgan fingerprint density at radius 1 is 1.23 bits per heavy atom. The first kappa shape index (κ1) is 18.6. The second-order valence-electron chi connectivity index (χ2n) is 6.97. The SMILES string of the molecule is CC1CCCCC1N(C)C(=O)Cc1csc(NC(=O)c2ccccc2)n1. The van der Waals surface area contributed by atoms with Gasteiger partial charge in [-0.1, -0.05) is 38.0 Å². The van der Waals surface area contributed by atoms with Gasteiger partial charge in [-0.15, -0.1) is 11.3 Å². The monoisotopic (exact) mass is 371 g/mol. The molecule has 2 atom stereocenters. The number of anilines is 1. The number of amides is 2. The number of hydrogen-bond donors (Lipinski definition) is 1. The fourth-order valence-corrected chi connectivity index (χ4v) is 4.25. The van der Waals surface area contributed by atoms with Crippen LogP contribution in [0, 0.1) is 5.92 Å². The van der Waals surface area contributed by atoms with E-state index in [0.29, 0.717) is 28.3 Å². The molecule has 26 heavy (non-hydrogen) atoms. The van der Waals surface area contributed by atoms with Crippen LogP contribution in [0.2, 0.25) is 0 Å². The van der Waals surface area contributed by atoms with Crippen molar-refractivity contribution in [1.29, 1.82) is 0 Å². The van der Waals surface area contributed by atoms with Crippen molar-refractivity contribution in [2.75, 3.05) is 12.4 Å². The Balaban J connectivity index is 1.57. The largest absolute Gasteiger partial charge is 0.342 e. The van der Waals surface area contributed by atoms with Crippen molar-refractivity contribution >= 4 is 28.3 Å². The summed E-state index contributed by atoms with van der Waals surface area (Å²) >= 11 is 1.35. The van der Waals surface area contributed by atoms with Crippen LogP contribution in [0.1, 0.15) is 48.7 Å². The summed E-state index contributed by atoms with van der Waals surface area (Å²) in [6.07, 6.45) is 5.00. The minimum absolute atomic E-state index is 0.0926. The Bertz CT molecular complexity index is 759. The highest BCUT2D eigenvalue weighted by Gasteiger charge is 2.28. The first-order chi connectivity index (χ1) is 12.5. The van der Waals surface area contributed by atoms with Crippen molar-refractivity contribution < 1.29 is 9.59 Å². The molecule has 0 radical (unpaired) electrons. The predicted molar refractivity (Wildman–Crippen MR) is 104 cm³/mol. The molecule has 0 spiro atoms. The number of thiazole rings is 1. The van der Waals surface area contributed by atoms with Gasteiger partial charge in [0.25, 0.3) is 5.91 Å². The highest BCUT2D eigenvalue weighted by atomic mass is 32.1. The summed E-state index contributed by atoms with van der Waals surface area (Å²) in [5.74, 6) is 0.454. The zero-order valence-corrected chi connectivity index (χ0v) is 16.1. The second-order valence-corrected chi connectivity index (χ2v) is 7.83. The summed E-state index contributed by atoms with van der Waals surface area (Å²) in [5, 5.41) is 5.16. The number of hydrogen-bond acceptors (Lipinski definition) is 4. The lowest BCUT2D eigenvalue weighted by Gasteiger charge is -2.36. The van der Waals surface area contributed by atoms with Crippen molar-refractivity contribution in [3.63, 3.8) is 0 Å². The van der Waals surface area contributed by atoms with E-state index < -0.39 is 0 Å². The summed E-state index contributed by atoms with van der Waals surface area (Å²) in [7, 11) is 1.90. The lowest BCUT2D eigenvalue weighted by atomic mass is 9.85. The van der Waals surface area contributed by atoms with Gasteiger partial charge in [-0.3, -0.25) is 14.9 Å². The van der Waals surface area contributed by atoms with Gasteiger partial charge in [0.05, 0.1) is 12.1 Å². The summed E-state index contributed by atoms with van der Waals surface area (Å²) in [4.78, 5) is 31.1. The normalized spacial score (nSPS) is 19.8. The van der Waals surface area contributed by atoms with Crippen molar-refractivity contribution in [2.24, 2.45) is 5.92 Å². The third-order valence-electron chi connectivity index (χ3n) is 5.10. The molecule has 1 fully saturated rings. The first-order valence-electron chi connectivity index (χ1n) is 9.11. The molecular formula is C20H25N3O2S. The topological polar surface area (TPSA) is 62.3 Å². The Hall–Kier alpha value is -2.21. The van der Waals surface area contributed by atoms with Gasteiger partial charge in [-0.05, 0) is 30.9 Å². The molecule has 2 unspecified atom stereocenters. The van der Waals surface area contributed by atoms with Crippen molar-refractivity contribution in [2.45, 2.75) is 45.1 Å². The molecule has 138 valence electrons. The van der Waals surface area contributed by atoms with Crippen LogP contribution in [-0.4, -0.2) is 34.8 Å². The fourth-order valence-electron chi connectivity index (χ4n) is 3.54. The van der Waals surface area contributed by atoms with Gasteiger partial charge in [0.15, 0.2) is 5.13 Å². The predicted octanol–water partition coefficient (Wildman–Crippen LogP) is 3.98. The van der Waals surface area contributed by atoms with Gasteiger partial charge >= 0.3 is 0 Å². The minimum atomic E-state index is -0.189. The molecule has 0 aliphatic heterocycles. The van der Waals surface area contributed by atoms with Crippen LogP contribution in [0.3, 0.4) is 0 Å². The van der Waals surface area contributed by atoms with E-state index in [4.69, 9.17) is 0 Å². The summed E-state index contributed by atoms with van der Waals surface area (Å²) in [6, 6.07) is 9.35. The Morgan fingerprint density at radius 2 is 1.96 bits per heavy atom. The van der Waals surface area contributed by atoms with Gasteiger partial charge in [0.1, 0.15) is 0 Å². The van der Waals surface area contributed by atoms with Crippen molar-refractivity contribution in [3.05, 3.63) is 47.0 Å². The Morgan fingerprint density at radius 3 is 2.69 bits per heavy atom. The van der Waals surface area contributed by atoms with Crippen molar-refractivity contribution in [1.82, 2.24) is 9.88 Å². The molecule has 1 aromatic heterocycles. The summed E-state index contributed by atoms with van der Waals surface area (Å²) in [5.41, 5.74) is 1.30. The van der Waals surface area contributed by atoms with E-state index in [1.807, 2.05) is 35.5 Å². The second kappa shape index (κ2) is 8.45. The number of carbonyl (C=O) groups is 2. The number of nitrogens with zero attached hydrogens (tertiary/aromatic N) is 2. The van der Waals surface area contributed by atoms with E-state index >= 15 is 0 Å². The number of benzene rings is 1. The van der Waals surface area contributed by atoms with E-state index in [2.05, 4.69) is 17.2 Å². The van der Waals surface area contributed by atoms with Gasteiger partial charge < -0.3 is 4.90 Å². The standard InChI is InChI=1S/C20H25N3O2S/c1-14-8-6-7-11-17(14)23(2)18(24)12-16-13-26-20(21-16)22-19(25)15-9-4-3-5-10-15/h3-5,9-10,13-14,17H,6-8,11-12H2,1-2H3,(H,21,22,25). The number of likely N-dealkylation sites (N-methyl/N-ethyl adjacent to an activating group) is 1. The molecule has 2 aromatic rings. The Kier molecular flexibility index (Phi) is 6.04. The maximum absolute atomic E-state index is 12.6. The lowest BCUT2D eigenvalue weighted by molar-refractivity contribution is -0.132. The average molecular weight is 372 g/mol. The molecule has 1 saturated carbocycles. The highest BCUT2D eigenvalue weighted by molar-refractivity contribution is 7.14. The average Bonchev–Trinajstić information content (AvgIpc) is 3.09. The van der Waals surface area contributed by atoms with Crippen LogP contribution in [-0.2, 0) is 11.2 Å². The van der Waals surface area contributed by atoms with Crippen LogP contribution in [0.4, 0.5) is 5.13 Å². The maximum atomic E-state index is 12.6. The summed E-state index contributed by atoms with van der Waals surface area (Å²) < 4.78 is 0. The number of carbonyl (C=O) groups excluding carboxylic acids is 2. The van der Waals surface area contributed by atoms with E-state index in [0.717, 1.165) is 6.42 Å². The molecule has 3 rings (SSSR count). The molecule has 1 aliphatic rings. The van der Waals surface area contributed by atoms with E-state index in [1.54, 1.807) is 12.1 Å². The van der Waals surface area contributed by atoms with E-state index in [1.165, 1.54) is 30.6 Å². The third-order valence-corrected chi connectivity index (χ3v) is 5.90. The quantitative estimate of drug-likeness (QED) is 0.865. The minimum Gasteiger partial charge on any atom is -0.342 e. The molecule has 1 N–H and O–H groups in total. The highest BCUT2D eigenvalue weighted by Crippen LogP contribution is 2.28. The molecule has 1 heterocycles. The molecule has 1 aliphatic carbocycles. The number of nitrogens with one attached hydrogen (secondary N) is 1. The van der Waals surface area contributed by atoms with Gasteiger partial charge in [-0.2, -0.15) is 0 Å². The maximum Gasteiger partial charge on any atom is 0.257 e. The van der Waals surface area contributed by atoms with E-state index in [-0.39, 0.29) is 18.2 Å². The molecular weight excluding hydrogens is 346 g/mol. The molecule has 6 heteroatoms. The number of aromatic nitrogens is 1. The number of rotatable bonds is 5. The lowest BCUT2D eigenvalue weighted by Crippen LogP contribution is -2.43. The van der Waals surface area contributed by atoms with Crippen LogP contribution < -0.4 is 5.32 Å². The first-order valence-corrected chi connectivity index (χ1v) is 9.99. The van der Waals surface area contributed by atoms with Crippen LogP contribution in [0.15, 0.2) is 35.7 Å². The zero-order valence-electron chi connectivity index (χ0n) is 15.3. The van der Waals surface area contributed by atoms with E-state index in [9.17, 15) is 9.59 Å². The molecule has 2 amide bonds. The van der Waals surface area contributed by atoms with Crippen LogP contribution in [0.5, 0.6) is 0 Å². The van der Waals surface area contributed by atoms with Crippen LogP contribution in [0.25, 0.3) is 0 Å².